The van der Waals surface area contributed by atoms with E-state index < -0.39 is 11.9 Å². The predicted molar refractivity (Wildman–Crippen MR) is 207 cm³/mol. The molecule has 0 aromatic carbocycles. The zero-order chi connectivity index (χ0) is 36.8. The number of carbonyl (C=O) groups excluding carboxylic acids is 3. The highest BCUT2D eigenvalue weighted by Crippen LogP contribution is 2.18. The van der Waals surface area contributed by atoms with Gasteiger partial charge < -0.3 is 19.3 Å². The second-order valence-corrected chi connectivity index (χ2v) is 14.1. The Kier molecular flexibility index (Phi) is 36.5. The van der Waals surface area contributed by atoms with Crippen LogP contribution in [0, 0.1) is 5.92 Å². The molecule has 0 saturated heterocycles. The van der Waals surface area contributed by atoms with E-state index in [2.05, 4.69) is 45.1 Å². The van der Waals surface area contributed by atoms with Gasteiger partial charge in [0.2, 0.25) is 0 Å². The molecule has 0 amide bonds. The third-order valence-electron chi connectivity index (χ3n) is 9.14. The number of esters is 3. The monoisotopic (exact) mass is 707 g/mol. The number of aliphatic hydroxyl groups excluding tert-OH is 1. The number of unbranched alkanes of at least 4 members (excludes halogenated alkanes) is 18. The first kappa shape index (κ1) is 47.8. The van der Waals surface area contributed by atoms with E-state index in [1.54, 1.807) is 0 Å². The second-order valence-electron chi connectivity index (χ2n) is 14.1. The largest absolute Gasteiger partial charge is 0.465 e. The van der Waals surface area contributed by atoms with Crippen LogP contribution in [-0.2, 0) is 28.6 Å². The number of carbonyl (C=O) groups is 3. The van der Waals surface area contributed by atoms with Crippen LogP contribution in [-0.4, -0.2) is 48.9 Å². The van der Waals surface area contributed by atoms with Crippen LogP contribution < -0.4 is 0 Å². The van der Waals surface area contributed by atoms with Crippen LogP contribution in [0.15, 0.2) is 24.3 Å². The fraction of sp³-hybridized carbons (Fsp3) is 0.837. The molecule has 0 heterocycles. The number of aliphatic hydroxyl groups is 1. The van der Waals surface area contributed by atoms with Gasteiger partial charge in [0.15, 0.2) is 0 Å². The Morgan fingerprint density at radius 3 is 1.46 bits per heavy atom. The van der Waals surface area contributed by atoms with E-state index in [0.29, 0.717) is 6.42 Å². The number of hydrogen-bond donors (Lipinski definition) is 1. The van der Waals surface area contributed by atoms with E-state index >= 15 is 0 Å². The Bertz CT molecular complexity index is 821. The Hall–Kier alpha value is -2.15. The van der Waals surface area contributed by atoms with Crippen molar-refractivity contribution in [2.45, 2.75) is 207 Å². The van der Waals surface area contributed by atoms with Crippen molar-refractivity contribution in [3.63, 3.8) is 0 Å². The smallest absolute Gasteiger partial charge is 0.306 e. The van der Waals surface area contributed by atoms with Gasteiger partial charge in [0.1, 0.15) is 6.10 Å². The lowest BCUT2D eigenvalue weighted by molar-refractivity contribution is -0.156. The van der Waals surface area contributed by atoms with E-state index in [0.717, 1.165) is 83.5 Å². The second kappa shape index (κ2) is 38.1. The normalized spacial score (nSPS) is 12.3. The fourth-order valence-electron chi connectivity index (χ4n) is 5.82. The molecular formula is C43H78O7. The minimum Gasteiger partial charge on any atom is -0.465 e. The summed E-state index contributed by atoms with van der Waals surface area (Å²) in [6, 6.07) is 0. The van der Waals surface area contributed by atoms with Gasteiger partial charge in [-0.2, -0.15) is 0 Å². The fourth-order valence-corrected chi connectivity index (χ4v) is 5.82. The van der Waals surface area contributed by atoms with Crippen LogP contribution in [0.5, 0.6) is 0 Å². The third kappa shape index (κ3) is 34.3. The quantitative estimate of drug-likeness (QED) is 0.0297. The summed E-state index contributed by atoms with van der Waals surface area (Å²) < 4.78 is 16.4. The van der Waals surface area contributed by atoms with Gasteiger partial charge in [-0.05, 0) is 64.2 Å². The van der Waals surface area contributed by atoms with Crippen molar-refractivity contribution in [2.24, 2.45) is 5.92 Å². The molecule has 1 unspecified atom stereocenters. The van der Waals surface area contributed by atoms with Crippen molar-refractivity contribution in [1.82, 2.24) is 0 Å². The molecule has 0 saturated carbocycles. The summed E-state index contributed by atoms with van der Waals surface area (Å²) in [4.78, 5) is 37.1. The van der Waals surface area contributed by atoms with Crippen molar-refractivity contribution >= 4 is 17.9 Å². The van der Waals surface area contributed by atoms with Crippen molar-refractivity contribution in [1.29, 1.82) is 0 Å². The van der Waals surface area contributed by atoms with Gasteiger partial charge in [0, 0.05) is 6.42 Å². The maximum Gasteiger partial charge on any atom is 0.306 e. The number of ether oxygens (including phenoxy) is 3. The molecule has 7 nitrogen and oxygen atoms in total. The van der Waals surface area contributed by atoms with Crippen LogP contribution in [0.25, 0.3) is 0 Å². The first-order valence-corrected chi connectivity index (χ1v) is 20.9. The molecule has 0 aliphatic rings. The molecule has 0 aliphatic heterocycles. The number of rotatable bonds is 37. The zero-order valence-corrected chi connectivity index (χ0v) is 32.8. The summed E-state index contributed by atoms with van der Waals surface area (Å²) >= 11 is 0. The lowest BCUT2D eigenvalue weighted by Gasteiger charge is -2.18. The van der Waals surface area contributed by atoms with E-state index in [1.165, 1.54) is 77.0 Å². The average molecular weight is 707 g/mol. The van der Waals surface area contributed by atoms with E-state index in [4.69, 9.17) is 14.2 Å². The summed E-state index contributed by atoms with van der Waals surface area (Å²) in [6.07, 6.45) is 37.8. The van der Waals surface area contributed by atoms with Gasteiger partial charge in [0.05, 0.1) is 38.6 Å². The summed E-state index contributed by atoms with van der Waals surface area (Å²) in [6.45, 7) is 6.35. The summed E-state index contributed by atoms with van der Waals surface area (Å²) in [7, 11) is 0. The average Bonchev–Trinajstić information content (AvgIpc) is 3.11. The van der Waals surface area contributed by atoms with Crippen LogP contribution >= 0.6 is 0 Å². The minimum atomic E-state index is -0.514. The molecule has 292 valence electrons. The Balaban J connectivity index is 4.11. The van der Waals surface area contributed by atoms with Gasteiger partial charge in [0.25, 0.3) is 0 Å². The molecule has 0 aromatic heterocycles. The Morgan fingerprint density at radius 1 is 0.500 bits per heavy atom. The molecule has 0 radical (unpaired) electrons. The first-order chi connectivity index (χ1) is 24.5. The van der Waals surface area contributed by atoms with Crippen LogP contribution in [0.2, 0.25) is 0 Å². The molecule has 0 aliphatic carbocycles. The lowest BCUT2D eigenvalue weighted by atomic mass is 10.0. The summed E-state index contributed by atoms with van der Waals surface area (Å²) in [5.74, 6) is -1.65. The molecule has 0 rings (SSSR count). The van der Waals surface area contributed by atoms with Crippen LogP contribution in [0.3, 0.4) is 0 Å². The molecule has 0 fully saturated rings. The van der Waals surface area contributed by atoms with E-state index in [9.17, 15) is 19.5 Å². The van der Waals surface area contributed by atoms with Gasteiger partial charge in [-0.3, -0.25) is 14.4 Å². The zero-order valence-electron chi connectivity index (χ0n) is 32.8. The van der Waals surface area contributed by atoms with Crippen LogP contribution in [0.4, 0.5) is 0 Å². The predicted octanol–water partition coefficient (Wildman–Crippen LogP) is 11.7. The highest BCUT2D eigenvalue weighted by molar-refractivity contribution is 5.77. The van der Waals surface area contributed by atoms with E-state index in [-0.39, 0.29) is 50.7 Å². The van der Waals surface area contributed by atoms with Gasteiger partial charge in [-0.15, -0.1) is 0 Å². The maximum atomic E-state index is 12.6. The molecule has 0 aromatic rings. The number of allylic oxidation sites excluding steroid dienone is 4. The Labute approximate surface area is 307 Å². The lowest BCUT2D eigenvalue weighted by Crippen LogP contribution is -2.24. The third-order valence-corrected chi connectivity index (χ3v) is 9.14. The van der Waals surface area contributed by atoms with Crippen molar-refractivity contribution in [3.05, 3.63) is 24.3 Å². The topological polar surface area (TPSA) is 99.1 Å². The van der Waals surface area contributed by atoms with Crippen molar-refractivity contribution in [2.75, 3.05) is 19.8 Å². The summed E-state index contributed by atoms with van der Waals surface area (Å²) in [5, 5.41) is 9.68. The molecule has 0 spiro atoms. The Morgan fingerprint density at radius 2 is 0.920 bits per heavy atom. The standard InChI is InChI=1S/C43H78O7/c1-4-7-10-13-16-17-18-19-20-21-22-23-24-27-30-33-41(45)48-37-39(36-44)38-49-42(46)34-35-43(47)50-40(31-28-25-14-11-8-5-2)32-29-26-15-12-9-6-3/h16-17,19-20,39-40,44H,4-15,18,21-38H2,1-3H3/b17-16-,20-19-. The van der Waals surface area contributed by atoms with Gasteiger partial charge in [-0.25, -0.2) is 0 Å². The molecule has 0 bridgehead atoms. The number of hydrogen-bond acceptors (Lipinski definition) is 7. The minimum absolute atomic E-state index is 0.00346. The molecular weight excluding hydrogens is 628 g/mol. The van der Waals surface area contributed by atoms with Crippen molar-refractivity contribution < 1.29 is 33.7 Å². The van der Waals surface area contributed by atoms with Gasteiger partial charge in [-0.1, -0.05) is 141 Å². The molecule has 1 atom stereocenters. The van der Waals surface area contributed by atoms with Crippen LogP contribution in [0.1, 0.15) is 201 Å². The highest BCUT2D eigenvalue weighted by atomic mass is 16.6. The molecule has 1 N–H and O–H groups in total. The maximum absolute atomic E-state index is 12.6. The van der Waals surface area contributed by atoms with Crippen molar-refractivity contribution in [3.8, 4) is 0 Å². The first-order valence-electron chi connectivity index (χ1n) is 20.9. The molecule has 7 heteroatoms. The SMILES string of the molecule is CCCCC/C=C\C/C=C\CCCCCCCC(=O)OCC(CO)COC(=O)CCC(=O)OC(CCCCCCCC)CCCCCCCC. The van der Waals surface area contributed by atoms with E-state index in [1.807, 2.05) is 0 Å². The molecule has 50 heavy (non-hydrogen) atoms. The summed E-state index contributed by atoms with van der Waals surface area (Å²) in [5.41, 5.74) is 0. The van der Waals surface area contributed by atoms with Gasteiger partial charge >= 0.3 is 17.9 Å². The highest BCUT2D eigenvalue weighted by Gasteiger charge is 2.18.